The molecule has 5 heteroatoms. The number of benzene rings is 1. The van der Waals surface area contributed by atoms with Gasteiger partial charge in [0, 0.05) is 6.20 Å². The molecule has 2 heterocycles. The second-order valence-corrected chi connectivity index (χ2v) is 6.86. The molecular formula is C21H24N4O. The van der Waals surface area contributed by atoms with Crippen LogP contribution in [0.1, 0.15) is 37.1 Å². The van der Waals surface area contributed by atoms with Crippen molar-refractivity contribution in [3.63, 3.8) is 0 Å². The Kier molecular flexibility index (Phi) is 5.07. The number of anilines is 1. The van der Waals surface area contributed by atoms with Gasteiger partial charge in [0.2, 0.25) is 0 Å². The van der Waals surface area contributed by atoms with Gasteiger partial charge < -0.3 is 10.1 Å². The fourth-order valence-corrected chi connectivity index (χ4v) is 3.60. The van der Waals surface area contributed by atoms with Gasteiger partial charge in [0.05, 0.1) is 24.1 Å². The van der Waals surface area contributed by atoms with Gasteiger partial charge in [0.1, 0.15) is 11.6 Å². The van der Waals surface area contributed by atoms with Crippen molar-refractivity contribution in [1.29, 1.82) is 0 Å². The second-order valence-electron chi connectivity index (χ2n) is 6.86. The molecule has 0 radical (unpaired) electrons. The van der Waals surface area contributed by atoms with E-state index < -0.39 is 0 Å². The number of hydrogen-bond acceptors (Lipinski definition) is 5. The van der Waals surface area contributed by atoms with E-state index >= 15 is 0 Å². The van der Waals surface area contributed by atoms with Crippen LogP contribution in [0.25, 0.3) is 11.0 Å². The van der Waals surface area contributed by atoms with Crippen LogP contribution in [0.5, 0.6) is 0 Å². The number of aryl methyl sites for hydroxylation is 1. The fourth-order valence-electron chi connectivity index (χ4n) is 3.60. The van der Waals surface area contributed by atoms with E-state index in [0.29, 0.717) is 6.61 Å². The number of ether oxygens (including phenoxy) is 1. The number of pyridine rings is 1. The van der Waals surface area contributed by atoms with E-state index in [9.17, 15) is 0 Å². The van der Waals surface area contributed by atoms with Crippen molar-refractivity contribution in [2.24, 2.45) is 0 Å². The first-order valence-corrected chi connectivity index (χ1v) is 9.31. The van der Waals surface area contributed by atoms with Gasteiger partial charge in [-0.3, -0.25) is 0 Å². The lowest BCUT2D eigenvalue weighted by atomic mass is 9.92. The van der Waals surface area contributed by atoms with E-state index in [1.165, 1.54) is 18.4 Å². The summed E-state index contributed by atoms with van der Waals surface area (Å²) in [5.41, 5.74) is 1.95. The van der Waals surface area contributed by atoms with E-state index in [2.05, 4.69) is 44.5 Å². The molecule has 4 rings (SSSR count). The zero-order valence-corrected chi connectivity index (χ0v) is 15.1. The van der Waals surface area contributed by atoms with Crippen molar-refractivity contribution in [1.82, 2.24) is 15.0 Å². The first-order chi connectivity index (χ1) is 12.8. The minimum absolute atomic E-state index is 0.186. The Bertz CT molecular complexity index is 868. The lowest BCUT2D eigenvalue weighted by Crippen LogP contribution is -2.38. The minimum Gasteiger partial charge on any atom is -0.371 e. The van der Waals surface area contributed by atoms with Crippen molar-refractivity contribution >= 4 is 16.9 Å². The highest BCUT2D eigenvalue weighted by molar-refractivity contribution is 5.86. The van der Waals surface area contributed by atoms with Gasteiger partial charge in [-0.05, 0) is 37.5 Å². The maximum Gasteiger partial charge on any atom is 0.164 e. The Morgan fingerprint density at radius 2 is 1.88 bits per heavy atom. The molecule has 3 aromatic rings. The van der Waals surface area contributed by atoms with Crippen molar-refractivity contribution in [3.05, 3.63) is 60.0 Å². The molecule has 0 amide bonds. The zero-order valence-electron chi connectivity index (χ0n) is 15.1. The van der Waals surface area contributed by atoms with E-state index in [-0.39, 0.29) is 12.1 Å². The summed E-state index contributed by atoms with van der Waals surface area (Å²) >= 11 is 0. The average Bonchev–Trinajstić information content (AvgIpc) is 2.68. The van der Waals surface area contributed by atoms with Crippen LogP contribution in [0.4, 0.5) is 5.82 Å². The van der Waals surface area contributed by atoms with Crippen molar-refractivity contribution in [2.75, 3.05) is 5.32 Å². The summed E-state index contributed by atoms with van der Waals surface area (Å²) in [6, 6.07) is 14.6. The van der Waals surface area contributed by atoms with Crippen LogP contribution < -0.4 is 5.32 Å². The Morgan fingerprint density at radius 3 is 2.77 bits per heavy atom. The van der Waals surface area contributed by atoms with Crippen LogP contribution in [0.15, 0.2) is 48.7 Å². The molecule has 134 valence electrons. The summed E-state index contributed by atoms with van der Waals surface area (Å²) in [7, 11) is 0. The summed E-state index contributed by atoms with van der Waals surface area (Å²) in [6.07, 6.45) is 6.54. The Balaban J connectivity index is 1.52. The van der Waals surface area contributed by atoms with Crippen LogP contribution >= 0.6 is 0 Å². The smallest absolute Gasteiger partial charge is 0.164 e. The molecule has 5 nitrogen and oxygen atoms in total. The van der Waals surface area contributed by atoms with Gasteiger partial charge in [-0.25, -0.2) is 15.0 Å². The highest BCUT2D eigenvalue weighted by atomic mass is 16.5. The van der Waals surface area contributed by atoms with Crippen molar-refractivity contribution in [2.45, 2.75) is 51.4 Å². The largest absolute Gasteiger partial charge is 0.371 e. The predicted octanol–water partition coefficient (Wildman–Crippen LogP) is 4.27. The summed E-state index contributed by atoms with van der Waals surface area (Å²) in [5, 5.41) is 4.60. The molecule has 1 N–H and O–H groups in total. The van der Waals surface area contributed by atoms with E-state index in [0.717, 1.165) is 35.5 Å². The monoisotopic (exact) mass is 348 g/mol. The molecule has 0 spiro atoms. The average molecular weight is 348 g/mol. The fraction of sp³-hybridized carbons (Fsp3) is 0.381. The number of rotatable bonds is 5. The SMILES string of the molecule is Cc1nc(NC2CCCCC2OCc2ccccc2)c2cccnc2n1. The second kappa shape index (κ2) is 7.79. The first-order valence-electron chi connectivity index (χ1n) is 9.31. The van der Waals surface area contributed by atoms with Crippen LogP contribution in [-0.2, 0) is 11.3 Å². The molecule has 2 unspecified atom stereocenters. The zero-order chi connectivity index (χ0) is 17.8. The third-order valence-electron chi connectivity index (χ3n) is 4.91. The first kappa shape index (κ1) is 16.9. The molecule has 2 aromatic heterocycles. The summed E-state index contributed by atoms with van der Waals surface area (Å²) in [4.78, 5) is 13.4. The van der Waals surface area contributed by atoms with Gasteiger partial charge >= 0.3 is 0 Å². The van der Waals surface area contributed by atoms with Crippen LogP contribution in [0.2, 0.25) is 0 Å². The molecule has 0 saturated heterocycles. The van der Waals surface area contributed by atoms with E-state index in [4.69, 9.17) is 4.74 Å². The molecule has 1 fully saturated rings. The Labute approximate surface area is 153 Å². The molecule has 1 aromatic carbocycles. The number of nitrogens with zero attached hydrogens (tertiary/aromatic N) is 3. The number of hydrogen-bond donors (Lipinski definition) is 1. The highest BCUT2D eigenvalue weighted by Gasteiger charge is 2.26. The molecule has 26 heavy (non-hydrogen) atoms. The molecule has 2 atom stereocenters. The minimum atomic E-state index is 0.186. The van der Waals surface area contributed by atoms with Crippen LogP contribution in [0, 0.1) is 6.92 Å². The van der Waals surface area contributed by atoms with Gasteiger partial charge in [0.15, 0.2) is 5.65 Å². The van der Waals surface area contributed by atoms with E-state index in [1.807, 2.05) is 25.1 Å². The van der Waals surface area contributed by atoms with Crippen molar-refractivity contribution < 1.29 is 4.74 Å². The molecule has 1 aliphatic rings. The topological polar surface area (TPSA) is 59.9 Å². The molecular weight excluding hydrogens is 324 g/mol. The normalized spacial score (nSPS) is 20.2. The number of fused-ring (bicyclic) bond motifs is 1. The predicted molar refractivity (Wildman–Crippen MR) is 103 cm³/mol. The summed E-state index contributed by atoms with van der Waals surface area (Å²) in [5.74, 6) is 1.59. The van der Waals surface area contributed by atoms with Gasteiger partial charge in [0.25, 0.3) is 0 Å². The van der Waals surface area contributed by atoms with Gasteiger partial charge in [-0.1, -0.05) is 43.2 Å². The Morgan fingerprint density at radius 1 is 1.04 bits per heavy atom. The maximum atomic E-state index is 6.27. The number of nitrogens with one attached hydrogen (secondary N) is 1. The van der Waals surface area contributed by atoms with Crippen LogP contribution in [-0.4, -0.2) is 27.1 Å². The molecule has 0 bridgehead atoms. The van der Waals surface area contributed by atoms with Gasteiger partial charge in [-0.2, -0.15) is 0 Å². The third kappa shape index (κ3) is 3.83. The van der Waals surface area contributed by atoms with Gasteiger partial charge in [-0.15, -0.1) is 0 Å². The van der Waals surface area contributed by atoms with Crippen molar-refractivity contribution in [3.8, 4) is 0 Å². The number of aromatic nitrogens is 3. The lowest BCUT2D eigenvalue weighted by molar-refractivity contribution is 0.00878. The standard InChI is InChI=1S/C21H24N4O/c1-15-23-20-17(10-7-13-22-20)21(24-15)25-18-11-5-6-12-19(18)26-14-16-8-3-2-4-9-16/h2-4,7-10,13,18-19H,5-6,11-12,14H2,1H3,(H,22,23,24,25). The highest BCUT2D eigenvalue weighted by Crippen LogP contribution is 2.27. The molecule has 0 aliphatic heterocycles. The van der Waals surface area contributed by atoms with Crippen LogP contribution in [0.3, 0.4) is 0 Å². The summed E-state index contributed by atoms with van der Waals surface area (Å²) in [6.45, 7) is 2.55. The third-order valence-corrected chi connectivity index (χ3v) is 4.91. The quantitative estimate of drug-likeness (QED) is 0.746. The lowest BCUT2D eigenvalue weighted by Gasteiger charge is -2.32. The van der Waals surface area contributed by atoms with E-state index in [1.54, 1.807) is 6.20 Å². The Hall–Kier alpha value is -2.53. The summed E-state index contributed by atoms with van der Waals surface area (Å²) < 4.78 is 6.27. The maximum absolute atomic E-state index is 6.27. The molecule has 1 saturated carbocycles. The molecule has 1 aliphatic carbocycles.